The summed E-state index contributed by atoms with van der Waals surface area (Å²) in [5.41, 5.74) is 1.21. The van der Waals surface area contributed by atoms with Crippen molar-refractivity contribution in [2.75, 3.05) is 10.2 Å². The van der Waals surface area contributed by atoms with Crippen LogP contribution in [0.3, 0.4) is 0 Å². The van der Waals surface area contributed by atoms with Gasteiger partial charge in [0, 0.05) is 24.4 Å². The molecule has 0 saturated carbocycles. The van der Waals surface area contributed by atoms with E-state index in [9.17, 15) is 37.1 Å². The van der Waals surface area contributed by atoms with Crippen molar-refractivity contribution in [2.45, 2.75) is 13.1 Å². The third kappa shape index (κ3) is 5.43. The maximum Gasteiger partial charge on any atom is 0.416 e. The predicted molar refractivity (Wildman–Crippen MR) is 113 cm³/mol. The number of anilines is 2. The molecular formula is C21H16F3N5O5. The fourth-order valence-corrected chi connectivity index (χ4v) is 2.93. The number of hydrazone groups is 1. The number of amides is 6. The first-order chi connectivity index (χ1) is 16.0. The van der Waals surface area contributed by atoms with Gasteiger partial charge in [0.1, 0.15) is 0 Å². The lowest BCUT2D eigenvalue weighted by atomic mass is 10.1. The van der Waals surface area contributed by atoms with Gasteiger partial charge in [0.25, 0.3) is 11.8 Å². The summed E-state index contributed by atoms with van der Waals surface area (Å²) in [6.45, 7) is 1.32. The Bertz CT molecular complexity index is 1190. The van der Waals surface area contributed by atoms with Crippen LogP contribution in [0.25, 0.3) is 0 Å². The highest BCUT2D eigenvalue weighted by Gasteiger charge is 2.41. The second kappa shape index (κ2) is 9.52. The molecular weight excluding hydrogens is 459 g/mol. The summed E-state index contributed by atoms with van der Waals surface area (Å²) < 4.78 is 39.0. The molecule has 6 amide bonds. The molecule has 0 spiro atoms. The van der Waals surface area contributed by atoms with Gasteiger partial charge in [-0.1, -0.05) is 6.07 Å². The molecule has 3 N–H and O–H groups in total. The van der Waals surface area contributed by atoms with E-state index in [0.29, 0.717) is 16.7 Å². The fourth-order valence-electron chi connectivity index (χ4n) is 2.93. The van der Waals surface area contributed by atoms with Crippen LogP contribution < -0.4 is 21.0 Å². The predicted octanol–water partition coefficient (Wildman–Crippen LogP) is 2.28. The first kappa shape index (κ1) is 24.1. The molecule has 2 aromatic rings. The SMILES string of the molecule is CC(=O)Nc1ccc(C(=O)N/N=C\[C@@H]2C(=O)NC(=O)N(c3cccc(C(F)(F)F)c3)C2=O)cc1. The van der Waals surface area contributed by atoms with E-state index in [1.54, 1.807) is 0 Å². The summed E-state index contributed by atoms with van der Waals surface area (Å²) in [5, 5.41) is 7.95. The van der Waals surface area contributed by atoms with Crippen LogP contribution in [0.4, 0.5) is 29.3 Å². The lowest BCUT2D eigenvalue weighted by Gasteiger charge is -2.28. The number of benzene rings is 2. The van der Waals surface area contributed by atoms with Crippen molar-refractivity contribution in [3.63, 3.8) is 0 Å². The minimum atomic E-state index is -4.72. The molecule has 1 saturated heterocycles. The molecule has 10 nitrogen and oxygen atoms in total. The standard InChI is InChI=1S/C21H16F3N5O5/c1-11(30)26-14-7-5-12(6-8-14)17(31)28-25-10-16-18(32)27-20(34)29(19(16)33)15-4-2-3-13(9-15)21(22,23)24/h2-10,16H,1H3,(H,26,30)(H,28,31)(H,27,32,34)/b25-10-/t16-/m1/s1. The van der Waals surface area contributed by atoms with Gasteiger partial charge in [-0.05, 0) is 42.5 Å². The van der Waals surface area contributed by atoms with Gasteiger partial charge in [0.05, 0.1) is 11.3 Å². The molecule has 0 bridgehead atoms. The smallest absolute Gasteiger partial charge is 0.326 e. The zero-order valence-corrected chi connectivity index (χ0v) is 17.3. The third-order valence-electron chi connectivity index (χ3n) is 4.49. The van der Waals surface area contributed by atoms with Crippen LogP contribution in [-0.4, -0.2) is 35.9 Å². The lowest BCUT2D eigenvalue weighted by Crippen LogP contribution is -2.58. The Morgan fingerprint density at radius 3 is 2.38 bits per heavy atom. The summed E-state index contributed by atoms with van der Waals surface area (Å²) in [7, 11) is 0. The Hall–Kier alpha value is -4.55. The second-order valence-electron chi connectivity index (χ2n) is 6.97. The van der Waals surface area contributed by atoms with E-state index in [0.717, 1.165) is 24.4 Å². The number of hydrogen-bond acceptors (Lipinski definition) is 6. The fraction of sp³-hybridized carbons (Fsp3) is 0.143. The Morgan fingerprint density at radius 2 is 1.76 bits per heavy atom. The molecule has 1 aliphatic rings. The van der Waals surface area contributed by atoms with Crippen molar-refractivity contribution < 1.29 is 37.1 Å². The van der Waals surface area contributed by atoms with Gasteiger partial charge in [-0.2, -0.15) is 18.3 Å². The minimum Gasteiger partial charge on any atom is -0.326 e. The largest absolute Gasteiger partial charge is 0.416 e. The van der Waals surface area contributed by atoms with E-state index < -0.39 is 47.1 Å². The van der Waals surface area contributed by atoms with Gasteiger partial charge in [-0.25, -0.2) is 15.1 Å². The second-order valence-corrected chi connectivity index (χ2v) is 6.97. The molecule has 0 aromatic heterocycles. The van der Waals surface area contributed by atoms with Gasteiger partial charge >= 0.3 is 12.2 Å². The molecule has 176 valence electrons. The van der Waals surface area contributed by atoms with E-state index in [2.05, 4.69) is 15.8 Å². The number of hydrogen-bond donors (Lipinski definition) is 3. The van der Waals surface area contributed by atoms with E-state index in [4.69, 9.17) is 0 Å². The maximum absolute atomic E-state index is 13.0. The van der Waals surface area contributed by atoms with Crippen molar-refractivity contribution in [1.29, 1.82) is 0 Å². The number of nitrogens with one attached hydrogen (secondary N) is 3. The number of carbonyl (C=O) groups excluding carboxylic acids is 5. The molecule has 1 aliphatic heterocycles. The molecule has 1 atom stereocenters. The molecule has 2 aromatic carbocycles. The Morgan fingerprint density at radius 1 is 1.09 bits per heavy atom. The number of barbiturate groups is 1. The quantitative estimate of drug-likeness (QED) is 0.346. The normalized spacial score (nSPS) is 16.4. The van der Waals surface area contributed by atoms with Crippen LogP contribution in [0.5, 0.6) is 0 Å². The molecule has 1 heterocycles. The number of urea groups is 1. The van der Waals surface area contributed by atoms with Crippen molar-refractivity contribution in [1.82, 2.24) is 10.7 Å². The van der Waals surface area contributed by atoms with Crippen LogP contribution >= 0.6 is 0 Å². The average molecular weight is 475 g/mol. The van der Waals surface area contributed by atoms with Gasteiger partial charge in [-0.3, -0.25) is 24.5 Å². The van der Waals surface area contributed by atoms with Gasteiger partial charge in [0.2, 0.25) is 11.8 Å². The number of imide groups is 2. The summed E-state index contributed by atoms with van der Waals surface area (Å²) in [4.78, 5) is 60.5. The molecule has 13 heteroatoms. The third-order valence-corrected chi connectivity index (χ3v) is 4.49. The van der Waals surface area contributed by atoms with Crippen LogP contribution in [0.2, 0.25) is 0 Å². The van der Waals surface area contributed by atoms with E-state index in [1.165, 1.54) is 31.2 Å². The van der Waals surface area contributed by atoms with Crippen LogP contribution in [0.15, 0.2) is 53.6 Å². The van der Waals surface area contributed by atoms with Crippen LogP contribution in [-0.2, 0) is 20.6 Å². The zero-order chi connectivity index (χ0) is 25.0. The van der Waals surface area contributed by atoms with Gasteiger partial charge in [-0.15, -0.1) is 0 Å². The van der Waals surface area contributed by atoms with Gasteiger partial charge < -0.3 is 5.32 Å². The van der Waals surface area contributed by atoms with Crippen molar-refractivity contribution in [2.24, 2.45) is 11.0 Å². The Labute approximate surface area is 189 Å². The molecule has 0 radical (unpaired) electrons. The van der Waals surface area contributed by atoms with E-state index >= 15 is 0 Å². The van der Waals surface area contributed by atoms with Crippen molar-refractivity contribution >= 4 is 47.2 Å². The zero-order valence-electron chi connectivity index (χ0n) is 17.3. The number of nitrogens with zero attached hydrogens (tertiary/aromatic N) is 2. The maximum atomic E-state index is 13.0. The number of carbonyl (C=O) groups is 5. The van der Waals surface area contributed by atoms with E-state index in [-0.39, 0.29) is 11.5 Å². The monoisotopic (exact) mass is 475 g/mol. The highest BCUT2D eigenvalue weighted by molar-refractivity contribution is 6.32. The summed E-state index contributed by atoms with van der Waals surface area (Å²) >= 11 is 0. The number of alkyl halides is 3. The number of rotatable bonds is 5. The summed E-state index contributed by atoms with van der Waals surface area (Å²) in [5.74, 6) is -4.90. The molecule has 3 rings (SSSR count). The number of halogens is 3. The van der Waals surface area contributed by atoms with Crippen LogP contribution in [0.1, 0.15) is 22.8 Å². The summed E-state index contributed by atoms with van der Waals surface area (Å²) in [6, 6.07) is 7.96. The average Bonchev–Trinajstić information content (AvgIpc) is 2.75. The topological polar surface area (TPSA) is 137 Å². The Kier molecular flexibility index (Phi) is 6.75. The van der Waals surface area contributed by atoms with Crippen molar-refractivity contribution in [3.05, 3.63) is 59.7 Å². The summed E-state index contributed by atoms with van der Waals surface area (Å²) in [6.07, 6.45) is -3.96. The first-order valence-corrected chi connectivity index (χ1v) is 9.54. The van der Waals surface area contributed by atoms with Crippen LogP contribution in [0, 0.1) is 5.92 Å². The molecule has 1 fully saturated rings. The molecule has 0 unspecified atom stereocenters. The molecule has 0 aliphatic carbocycles. The minimum absolute atomic E-state index is 0.145. The van der Waals surface area contributed by atoms with E-state index in [1.807, 2.05) is 5.32 Å². The first-order valence-electron chi connectivity index (χ1n) is 9.54. The van der Waals surface area contributed by atoms with Crippen molar-refractivity contribution in [3.8, 4) is 0 Å². The molecule has 34 heavy (non-hydrogen) atoms. The Balaban J connectivity index is 1.73. The lowest BCUT2D eigenvalue weighted by molar-refractivity contribution is -0.138. The highest BCUT2D eigenvalue weighted by atomic mass is 19.4. The highest BCUT2D eigenvalue weighted by Crippen LogP contribution is 2.32. The van der Waals surface area contributed by atoms with Gasteiger partial charge in [0.15, 0.2) is 5.92 Å².